The first-order valence-electron chi connectivity index (χ1n) is 22.7. The largest absolute Gasteiger partial charge is 0.451 e. The maximum Gasteiger partial charge on any atom is 0.289 e. The van der Waals surface area contributed by atoms with Crippen molar-refractivity contribution in [3.05, 3.63) is 124 Å². The standard InChI is InChI=1S/C29H31N3O4.C20H26N6O2S.C2H6/c1-19(33)31-12-10-21-7-6-20(13-25(21)18-31)14-28(34)32-11-4-5-23(17-32)22-8-9-26-24(15-22)16-27(36-26)29(35)30(2)3;1-24(2)20(28)19-23-16-12-14(5-6-17(16)29-19)15-4-3-9-25(13-15)18(27)7-10-26(22)11-8-21;1-2/h5-9,13,15-16H,4,10-12,14,17-18H2,1-3H3;4-6,8,11-12H,3,7,9-10,13,21-22H2,1-2H3;1-2H3/b;11-8-;. The molecule has 8 rings (SSSR count). The van der Waals surface area contributed by atoms with Gasteiger partial charge in [-0.05, 0) is 88.6 Å². The molecule has 354 valence electrons. The van der Waals surface area contributed by atoms with E-state index in [1.807, 2.05) is 71.0 Å². The van der Waals surface area contributed by atoms with Crippen molar-refractivity contribution in [2.75, 3.05) is 67.5 Å². The summed E-state index contributed by atoms with van der Waals surface area (Å²) in [6.07, 6.45) is 10.4. The molecule has 5 heterocycles. The zero-order chi connectivity index (χ0) is 48.4. The van der Waals surface area contributed by atoms with Crippen LogP contribution >= 0.6 is 11.3 Å². The summed E-state index contributed by atoms with van der Waals surface area (Å²) in [5.74, 6) is 6.03. The summed E-state index contributed by atoms with van der Waals surface area (Å²) < 4.78 is 6.69. The fourth-order valence-electron chi connectivity index (χ4n) is 8.15. The third kappa shape index (κ3) is 12.4. The number of nitrogens with zero attached hydrogens (tertiary/aromatic N) is 7. The normalized spacial score (nSPS) is 14.6. The minimum absolute atomic E-state index is 0.0603. The molecule has 67 heavy (non-hydrogen) atoms. The van der Waals surface area contributed by atoms with Gasteiger partial charge in [0.25, 0.3) is 11.8 Å². The minimum Gasteiger partial charge on any atom is -0.451 e. The monoisotopic (exact) mass is 929 g/mol. The van der Waals surface area contributed by atoms with Crippen molar-refractivity contribution in [2.45, 2.75) is 59.4 Å². The quantitative estimate of drug-likeness (QED) is 0.115. The van der Waals surface area contributed by atoms with E-state index in [1.54, 1.807) is 41.2 Å². The molecule has 5 aromatic rings. The number of thiazole rings is 1. The van der Waals surface area contributed by atoms with E-state index in [2.05, 4.69) is 29.3 Å². The second-order valence-electron chi connectivity index (χ2n) is 16.9. The number of rotatable bonds is 10. The lowest BCUT2D eigenvalue weighted by Gasteiger charge is -2.29. The summed E-state index contributed by atoms with van der Waals surface area (Å²) in [5.41, 5.74) is 14.4. The molecule has 4 N–H and O–H groups in total. The zero-order valence-corrected chi connectivity index (χ0v) is 40.5. The van der Waals surface area contributed by atoms with Crippen LogP contribution in [0.2, 0.25) is 0 Å². The number of hydrogen-bond acceptors (Lipinski definition) is 11. The molecule has 0 spiro atoms. The predicted molar refractivity (Wildman–Crippen MR) is 265 cm³/mol. The number of hydrogen-bond donors (Lipinski definition) is 2. The van der Waals surface area contributed by atoms with Crippen molar-refractivity contribution in [3.63, 3.8) is 0 Å². The fraction of sp³-hybridized carbons (Fsp3) is 0.373. The lowest BCUT2D eigenvalue weighted by atomic mass is 9.95. The molecule has 0 bridgehead atoms. The lowest BCUT2D eigenvalue weighted by molar-refractivity contribution is -0.131. The molecular formula is C51H63N9O6S. The molecular weight excluding hydrogens is 867 g/mol. The van der Waals surface area contributed by atoms with Gasteiger partial charge >= 0.3 is 0 Å². The Morgan fingerprint density at radius 3 is 2.07 bits per heavy atom. The average Bonchev–Trinajstić information content (AvgIpc) is 3.98. The highest BCUT2D eigenvalue weighted by Crippen LogP contribution is 2.30. The van der Waals surface area contributed by atoms with Crippen LogP contribution in [0.15, 0.2) is 89.6 Å². The predicted octanol–water partition coefficient (Wildman–Crippen LogP) is 6.53. The highest BCUT2D eigenvalue weighted by molar-refractivity contribution is 7.20. The molecule has 2 aromatic heterocycles. The Balaban J connectivity index is 0.000000218. The Kier molecular flexibility index (Phi) is 16.8. The molecule has 0 fully saturated rings. The highest BCUT2D eigenvalue weighted by atomic mass is 32.1. The van der Waals surface area contributed by atoms with E-state index in [0.717, 1.165) is 74.8 Å². The molecule has 0 saturated carbocycles. The molecule has 0 aliphatic carbocycles. The number of aromatic nitrogens is 1. The number of furan rings is 1. The van der Waals surface area contributed by atoms with Crippen molar-refractivity contribution < 1.29 is 28.4 Å². The van der Waals surface area contributed by atoms with Gasteiger partial charge in [-0.1, -0.05) is 56.3 Å². The Hall–Kier alpha value is -6.78. The van der Waals surface area contributed by atoms with Crippen LogP contribution in [-0.2, 0) is 33.8 Å². The van der Waals surface area contributed by atoms with Gasteiger partial charge in [-0.15, -0.1) is 11.3 Å². The zero-order valence-electron chi connectivity index (χ0n) is 39.7. The number of amides is 5. The summed E-state index contributed by atoms with van der Waals surface area (Å²) in [7, 11) is 6.83. The van der Waals surface area contributed by atoms with Crippen molar-refractivity contribution in [2.24, 2.45) is 11.6 Å². The summed E-state index contributed by atoms with van der Waals surface area (Å²) in [5, 5.41) is 2.76. The van der Waals surface area contributed by atoms with E-state index >= 15 is 0 Å². The second-order valence-corrected chi connectivity index (χ2v) is 18.0. The summed E-state index contributed by atoms with van der Waals surface area (Å²) >= 11 is 1.39. The molecule has 0 unspecified atom stereocenters. The molecule has 0 saturated heterocycles. The topological polar surface area (TPSA) is 183 Å². The Morgan fingerprint density at radius 2 is 1.42 bits per heavy atom. The molecule has 5 amide bonds. The number of fused-ring (bicyclic) bond motifs is 3. The Labute approximate surface area is 396 Å². The fourth-order valence-corrected chi connectivity index (χ4v) is 9.12. The lowest BCUT2D eigenvalue weighted by Crippen LogP contribution is -2.38. The van der Waals surface area contributed by atoms with Crippen molar-refractivity contribution in [1.29, 1.82) is 0 Å². The van der Waals surface area contributed by atoms with E-state index in [4.69, 9.17) is 16.0 Å². The molecule has 3 aliphatic heterocycles. The van der Waals surface area contributed by atoms with Gasteiger partial charge in [0.2, 0.25) is 17.7 Å². The van der Waals surface area contributed by atoms with E-state index in [9.17, 15) is 24.0 Å². The third-order valence-electron chi connectivity index (χ3n) is 11.8. The average molecular weight is 930 g/mol. The van der Waals surface area contributed by atoms with E-state index < -0.39 is 0 Å². The SMILES string of the molecule is CC.CC(=O)N1CCc2ccc(CC(=O)N3CCC=C(c4ccc5oc(C(=O)N(C)C)cc5c4)C3)cc2C1.CN(C)C(=O)c1nc2cc(C3=CCCN(C(=O)CCN(N)/C=C\N)C3)ccc2s1. The van der Waals surface area contributed by atoms with Crippen LogP contribution < -0.4 is 11.6 Å². The van der Waals surface area contributed by atoms with Gasteiger partial charge in [0.15, 0.2) is 10.8 Å². The van der Waals surface area contributed by atoms with Gasteiger partial charge in [0.1, 0.15) is 5.58 Å². The Morgan fingerprint density at radius 1 is 0.761 bits per heavy atom. The highest BCUT2D eigenvalue weighted by Gasteiger charge is 2.24. The van der Waals surface area contributed by atoms with Gasteiger partial charge in [-0.2, -0.15) is 0 Å². The summed E-state index contributed by atoms with van der Waals surface area (Å²) in [4.78, 5) is 75.1. The van der Waals surface area contributed by atoms with Gasteiger partial charge in [0, 0.05) is 105 Å². The van der Waals surface area contributed by atoms with Gasteiger partial charge in [-0.25, -0.2) is 10.8 Å². The second kappa shape index (κ2) is 22.6. The number of carbonyl (C=O) groups is 5. The number of hydrazine groups is 1. The molecule has 16 heteroatoms. The minimum atomic E-state index is -0.169. The first-order valence-corrected chi connectivity index (χ1v) is 23.6. The molecule has 0 atom stereocenters. The number of benzene rings is 3. The van der Waals surface area contributed by atoms with Gasteiger partial charge in [-0.3, -0.25) is 24.0 Å². The van der Waals surface area contributed by atoms with E-state index in [1.165, 1.54) is 44.1 Å². The van der Waals surface area contributed by atoms with Crippen LogP contribution in [0.1, 0.15) is 88.2 Å². The third-order valence-corrected chi connectivity index (χ3v) is 12.8. The van der Waals surface area contributed by atoms with Crippen molar-refractivity contribution in [3.8, 4) is 0 Å². The van der Waals surface area contributed by atoms with Crippen LogP contribution in [0.3, 0.4) is 0 Å². The number of nitrogens with two attached hydrogens (primary N) is 2. The van der Waals surface area contributed by atoms with Crippen LogP contribution in [0.4, 0.5) is 0 Å². The van der Waals surface area contributed by atoms with Crippen LogP contribution in [-0.4, -0.2) is 131 Å². The summed E-state index contributed by atoms with van der Waals surface area (Å²) in [6, 6.07) is 19.9. The number of carbonyl (C=O) groups excluding carboxylic acids is 5. The van der Waals surface area contributed by atoms with Crippen molar-refractivity contribution in [1.82, 2.24) is 34.5 Å². The van der Waals surface area contributed by atoms with Gasteiger partial charge < -0.3 is 39.7 Å². The van der Waals surface area contributed by atoms with Crippen LogP contribution in [0.25, 0.3) is 32.3 Å². The molecule has 3 aromatic carbocycles. The summed E-state index contributed by atoms with van der Waals surface area (Å²) in [6.45, 7) is 9.87. The van der Waals surface area contributed by atoms with E-state index in [-0.39, 0.29) is 29.5 Å². The maximum absolute atomic E-state index is 13.2. The Bertz CT molecular complexity index is 2710. The van der Waals surface area contributed by atoms with E-state index in [0.29, 0.717) is 68.5 Å². The van der Waals surface area contributed by atoms with Crippen LogP contribution in [0, 0.1) is 0 Å². The smallest absolute Gasteiger partial charge is 0.289 e. The molecule has 0 radical (unpaired) electrons. The molecule has 15 nitrogen and oxygen atoms in total. The van der Waals surface area contributed by atoms with Gasteiger partial charge in [0.05, 0.1) is 16.6 Å². The van der Waals surface area contributed by atoms with Crippen LogP contribution in [0.5, 0.6) is 0 Å². The first kappa shape index (κ1) is 49.6. The maximum atomic E-state index is 13.2. The van der Waals surface area contributed by atoms with Crippen molar-refractivity contribution >= 4 is 73.2 Å². The molecule has 3 aliphatic rings. The first-order chi connectivity index (χ1) is 32.2.